The van der Waals surface area contributed by atoms with Gasteiger partial charge < -0.3 is 38.1 Å². The first-order valence-electron chi connectivity index (χ1n) is 22.7. The molecular formula is C43H74BrClN4O22S4. The highest BCUT2D eigenvalue weighted by Crippen LogP contribution is 2.38. The zero-order chi connectivity index (χ0) is 58.8. The summed E-state index contributed by atoms with van der Waals surface area (Å²) in [4.78, 5) is 79.0. The number of hydrogen-bond donors (Lipinski definition) is 0. The Balaban J connectivity index is 0. The Labute approximate surface area is 454 Å². The van der Waals surface area contributed by atoms with Crippen molar-refractivity contribution < 1.29 is 100 Å². The molecule has 4 fully saturated rings. The number of carbonyl (C=O) groups excluding carboxylic acids is 7. The van der Waals surface area contributed by atoms with Crippen LogP contribution >= 0.6 is 26.6 Å². The normalized spacial score (nSPS) is 16.7. The van der Waals surface area contributed by atoms with Crippen molar-refractivity contribution in [2.45, 2.75) is 72.3 Å². The van der Waals surface area contributed by atoms with Crippen LogP contribution in [0.3, 0.4) is 0 Å². The molecule has 4 aliphatic rings. The average Bonchev–Trinajstić information content (AvgIpc) is 3.26. The molecule has 0 aromatic rings. The van der Waals surface area contributed by atoms with Crippen molar-refractivity contribution in [3.63, 3.8) is 0 Å². The van der Waals surface area contributed by atoms with Crippen LogP contribution in [0.4, 0.5) is 4.79 Å². The number of carbonyl (C=O) groups is 7. The van der Waals surface area contributed by atoms with Gasteiger partial charge in [0, 0.05) is 85.6 Å². The number of hydrogen-bond acceptors (Lipinski definition) is 22. The number of ether oxygens (including phenoxy) is 7. The summed E-state index contributed by atoms with van der Waals surface area (Å²) in [5.41, 5.74) is -1.42. The Morgan fingerprint density at radius 2 is 0.973 bits per heavy atom. The Morgan fingerprint density at radius 3 is 1.28 bits per heavy atom. The number of nitrogens with zero attached hydrogens (tertiary/aromatic N) is 4. The molecule has 0 N–H and O–H groups in total. The van der Waals surface area contributed by atoms with E-state index in [1.54, 1.807) is 6.92 Å². The first-order chi connectivity index (χ1) is 34.5. The van der Waals surface area contributed by atoms with Crippen molar-refractivity contribution in [1.82, 2.24) is 17.8 Å². The molecule has 0 saturated carbocycles. The van der Waals surface area contributed by atoms with Gasteiger partial charge in [-0.05, 0) is 40.0 Å². The molecule has 4 saturated heterocycles. The molecule has 4 aliphatic heterocycles. The van der Waals surface area contributed by atoms with Gasteiger partial charge in [-0.3, -0.25) is 28.8 Å². The third-order valence-corrected chi connectivity index (χ3v) is 17.0. The van der Waals surface area contributed by atoms with Gasteiger partial charge in [-0.15, -0.1) is 0 Å². The van der Waals surface area contributed by atoms with E-state index in [1.165, 1.54) is 60.5 Å². The van der Waals surface area contributed by atoms with Gasteiger partial charge in [-0.2, -0.15) is 8.61 Å². The van der Waals surface area contributed by atoms with Crippen molar-refractivity contribution in [1.29, 1.82) is 0 Å². The molecule has 0 bridgehead atoms. The Bertz CT molecular complexity index is 2350. The third-order valence-electron chi connectivity index (χ3n) is 10.5. The summed E-state index contributed by atoms with van der Waals surface area (Å²) in [5.74, 6) is -2.61. The summed E-state index contributed by atoms with van der Waals surface area (Å²) >= 11 is 3.09. The van der Waals surface area contributed by atoms with Gasteiger partial charge in [-0.25, -0.2) is 42.8 Å². The molecule has 0 aromatic carbocycles. The van der Waals surface area contributed by atoms with Gasteiger partial charge in [0.05, 0.1) is 83.8 Å². The van der Waals surface area contributed by atoms with E-state index >= 15 is 0 Å². The van der Waals surface area contributed by atoms with Gasteiger partial charge in [0.1, 0.15) is 5.60 Å². The maximum atomic E-state index is 11.9. The molecule has 1 amide bonds. The summed E-state index contributed by atoms with van der Waals surface area (Å²) in [5, 5.41) is 2.23. The van der Waals surface area contributed by atoms with Gasteiger partial charge in [0.2, 0.25) is 30.1 Å². The Hall–Kier alpha value is -3.98. The molecule has 26 nitrogen and oxygen atoms in total. The summed E-state index contributed by atoms with van der Waals surface area (Å²) in [7, 11) is -0.798. The first-order valence-corrected chi connectivity index (χ1v) is 30.9. The lowest BCUT2D eigenvalue weighted by molar-refractivity contribution is -0.162. The van der Waals surface area contributed by atoms with Crippen LogP contribution in [-0.2, 0) is 101 Å². The molecular weight excluding hydrogens is 1170 g/mol. The fourth-order valence-corrected chi connectivity index (χ4v) is 10.7. The van der Waals surface area contributed by atoms with E-state index in [1.807, 2.05) is 27.7 Å². The van der Waals surface area contributed by atoms with Crippen molar-refractivity contribution in [3.05, 3.63) is 24.0 Å². The SMILES string of the molecule is C=CS(=O)(=O)Cl.C=CS(=O)(=O)N1CC(C(=O)OC)C1.CCCS(=O)(=O)N1CC(C(=O)OC)C1.CCCS(=O)(=O)N1CC(CCC(=O)OC)(C(=O)OC)C1.COC(=O)C1CN(C(=O)OC(C)(C)C)C1.COC(=O)CCBr. The highest BCUT2D eigenvalue weighted by molar-refractivity contribution is 9.09. The molecule has 32 heteroatoms. The molecule has 75 heavy (non-hydrogen) atoms. The third kappa shape index (κ3) is 26.8. The molecule has 0 spiro atoms. The second-order valence-corrected chi connectivity index (χ2v) is 26.7. The summed E-state index contributed by atoms with van der Waals surface area (Å²) in [6.07, 6.45) is 1.49. The number of alkyl halides is 1. The highest BCUT2D eigenvalue weighted by Gasteiger charge is 2.54. The molecule has 0 aliphatic carbocycles. The summed E-state index contributed by atoms with van der Waals surface area (Å²) < 4.78 is 124. The fraction of sp³-hybridized carbons (Fsp3) is 0.744. The maximum Gasteiger partial charge on any atom is 0.410 e. The van der Waals surface area contributed by atoms with Gasteiger partial charge in [0.25, 0.3) is 9.05 Å². The average molecular weight is 1240 g/mol. The Morgan fingerprint density at radius 1 is 0.600 bits per heavy atom. The van der Waals surface area contributed by atoms with E-state index in [4.69, 9.17) is 9.47 Å². The molecule has 0 unspecified atom stereocenters. The quantitative estimate of drug-likeness (QED) is 0.0822. The number of sulfonamides is 3. The lowest BCUT2D eigenvalue weighted by Crippen LogP contribution is -2.62. The van der Waals surface area contributed by atoms with Crippen molar-refractivity contribution in [2.24, 2.45) is 23.2 Å². The van der Waals surface area contributed by atoms with Crippen LogP contribution in [0.15, 0.2) is 24.0 Å². The molecule has 4 rings (SSSR count). The summed E-state index contributed by atoms with van der Waals surface area (Å²) in [6, 6.07) is 0. The van der Waals surface area contributed by atoms with Crippen LogP contribution in [-0.4, -0.2) is 211 Å². The number of likely N-dealkylation sites (tertiary alicyclic amines) is 1. The monoisotopic (exact) mass is 1240 g/mol. The van der Waals surface area contributed by atoms with Crippen LogP contribution in [0, 0.1) is 23.2 Å². The number of amides is 1. The maximum absolute atomic E-state index is 11.9. The van der Waals surface area contributed by atoms with E-state index in [-0.39, 0.29) is 111 Å². The minimum atomic E-state index is -3.43. The predicted molar refractivity (Wildman–Crippen MR) is 277 cm³/mol. The minimum absolute atomic E-state index is 0.0568. The molecule has 4 heterocycles. The van der Waals surface area contributed by atoms with E-state index in [0.29, 0.717) is 43.1 Å². The van der Waals surface area contributed by atoms with Crippen LogP contribution < -0.4 is 0 Å². The van der Waals surface area contributed by atoms with E-state index in [2.05, 4.69) is 63.5 Å². The minimum Gasteiger partial charge on any atom is -0.469 e. The second-order valence-electron chi connectivity index (χ2n) is 17.3. The second kappa shape index (κ2) is 34.0. The van der Waals surface area contributed by atoms with Gasteiger partial charge in [0.15, 0.2) is 0 Å². The smallest absolute Gasteiger partial charge is 0.410 e. The number of esters is 6. The number of halogens is 2. The van der Waals surface area contributed by atoms with E-state index in [9.17, 15) is 67.2 Å². The molecule has 0 radical (unpaired) electrons. The van der Waals surface area contributed by atoms with Crippen LogP contribution in [0.1, 0.15) is 66.7 Å². The predicted octanol–water partition coefficient (Wildman–Crippen LogP) is 2.22. The topological polar surface area (TPSA) is 334 Å². The standard InChI is InChI=1S/C12H21NO6S.C10H17NO4.C8H15NO4S.C7H11NO4S.C4H7BrO2.C2H3ClO2S/c1-4-7-20(16,17)13-8-12(9-13,11(15)19-3)6-5-10(14)18-2;1-10(2,3)15-9(13)11-5-7(6-11)8(12)14-4;1-3-4-14(11,12)9-5-7(6-9)8(10)13-2;1-3-13(10,11)8-4-6(5-8)7(9)12-2;1-7-4(6)2-3-5;1-2-6(3,4)5/h4-9H2,1-3H3;7H,5-6H2,1-4H3;7H,3-6H2,1-2H3;3,6H,1,4-5H2,2H3;2-3H2,1H3;2H,1H2. The van der Waals surface area contributed by atoms with E-state index < -0.39 is 62.1 Å². The number of methoxy groups -OCH3 is 6. The number of rotatable bonds is 18. The van der Waals surface area contributed by atoms with E-state index in [0.717, 1.165) is 5.41 Å². The van der Waals surface area contributed by atoms with Crippen LogP contribution in [0.2, 0.25) is 0 Å². The summed E-state index contributed by atoms with van der Waals surface area (Å²) in [6.45, 7) is 17.0. The molecule has 0 atom stereocenters. The Kier molecular flexibility index (Phi) is 33.2. The fourth-order valence-electron chi connectivity index (χ4n) is 6.15. The van der Waals surface area contributed by atoms with Gasteiger partial charge >= 0.3 is 41.9 Å². The lowest BCUT2D eigenvalue weighted by atomic mass is 9.77. The van der Waals surface area contributed by atoms with Crippen LogP contribution in [0.25, 0.3) is 0 Å². The largest absolute Gasteiger partial charge is 0.469 e. The van der Waals surface area contributed by atoms with Crippen molar-refractivity contribution in [3.8, 4) is 0 Å². The van der Waals surface area contributed by atoms with Gasteiger partial charge in [-0.1, -0.05) is 42.9 Å². The van der Waals surface area contributed by atoms with Crippen molar-refractivity contribution in [2.75, 3.05) is 112 Å². The first kappa shape index (κ1) is 73.1. The van der Waals surface area contributed by atoms with Crippen LogP contribution in [0.5, 0.6) is 0 Å². The zero-order valence-electron chi connectivity index (χ0n) is 44.3. The zero-order valence-corrected chi connectivity index (χ0v) is 49.9. The lowest BCUT2D eigenvalue weighted by Gasteiger charge is -2.46. The highest BCUT2D eigenvalue weighted by atomic mass is 79.9. The van der Waals surface area contributed by atoms with Crippen molar-refractivity contribution >= 4 is 108 Å². The molecule has 0 aromatic heterocycles. The molecule has 436 valence electrons.